The maximum atomic E-state index is 13.9. The monoisotopic (exact) mass is 572 g/mol. The summed E-state index contributed by atoms with van der Waals surface area (Å²) >= 11 is 1.45. The number of carboxylic acid groups (broad SMARTS) is 1. The van der Waals surface area contributed by atoms with E-state index in [1.165, 1.54) is 11.3 Å². The lowest BCUT2D eigenvalue weighted by molar-refractivity contribution is -0.141. The van der Waals surface area contributed by atoms with E-state index in [0.29, 0.717) is 30.4 Å². The molecular weight excluding hydrogens is 536 g/mol. The second kappa shape index (κ2) is 11.7. The number of likely N-dealkylation sites (tertiary alicyclic amines) is 1. The highest BCUT2D eigenvalue weighted by Crippen LogP contribution is 2.41. The van der Waals surface area contributed by atoms with Crippen molar-refractivity contribution in [2.45, 2.75) is 69.7 Å². The maximum Gasteiger partial charge on any atom is 0.304 e. The summed E-state index contributed by atoms with van der Waals surface area (Å²) in [6.07, 6.45) is 9.19. The van der Waals surface area contributed by atoms with Crippen molar-refractivity contribution in [1.29, 1.82) is 0 Å². The van der Waals surface area contributed by atoms with Crippen molar-refractivity contribution in [1.82, 2.24) is 14.9 Å². The quantitative estimate of drug-likeness (QED) is 0.320. The average molecular weight is 573 g/mol. The van der Waals surface area contributed by atoms with E-state index in [-0.39, 0.29) is 30.2 Å². The Morgan fingerprint density at radius 1 is 1.10 bits per heavy atom. The maximum absolute atomic E-state index is 13.9. The van der Waals surface area contributed by atoms with Gasteiger partial charge in [-0.25, -0.2) is 4.98 Å². The third-order valence-electron chi connectivity index (χ3n) is 8.77. The molecule has 1 unspecified atom stereocenters. The van der Waals surface area contributed by atoms with Crippen LogP contribution in [-0.4, -0.2) is 57.4 Å². The van der Waals surface area contributed by atoms with Crippen LogP contribution in [-0.2, 0) is 14.4 Å². The van der Waals surface area contributed by atoms with Crippen LogP contribution >= 0.6 is 11.3 Å². The number of benzene rings is 1. The number of thiazole rings is 1. The first kappa shape index (κ1) is 27.6. The summed E-state index contributed by atoms with van der Waals surface area (Å²) in [7, 11) is 1.83. The second-order valence-corrected chi connectivity index (χ2v) is 12.7. The summed E-state index contributed by atoms with van der Waals surface area (Å²) in [4.78, 5) is 50.8. The van der Waals surface area contributed by atoms with Crippen LogP contribution in [0.5, 0.6) is 0 Å². The van der Waals surface area contributed by atoms with E-state index in [1.54, 1.807) is 9.80 Å². The molecule has 0 radical (unpaired) electrons. The standard InChI is InChI=1S/C32H36N4O4S/c1-35-18-23(15-29(35)37)27-13-10-21(17-33-27)25-8-4-5-9-26(25)28-19-41-32(34-28)36(24-11-12-24)31(40)22(16-30(38)39)14-20-6-2-3-7-20/h4-5,8-10,13,17,19-20,22-24H,2-3,6-7,11-12,14-16,18H2,1H3,(H,38,39)/t22-,23?/m1/s1. The van der Waals surface area contributed by atoms with E-state index in [1.807, 2.05) is 49.0 Å². The second-order valence-electron chi connectivity index (χ2n) is 11.8. The number of aliphatic carboxylic acids is 1. The molecule has 214 valence electrons. The van der Waals surface area contributed by atoms with E-state index in [2.05, 4.69) is 6.07 Å². The Morgan fingerprint density at radius 2 is 1.85 bits per heavy atom. The van der Waals surface area contributed by atoms with Gasteiger partial charge in [-0.3, -0.25) is 24.3 Å². The molecule has 2 amide bonds. The number of nitrogens with zero attached hydrogens (tertiary/aromatic N) is 4. The number of rotatable bonds is 10. The van der Waals surface area contributed by atoms with Crippen molar-refractivity contribution in [3.63, 3.8) is 0 Å². The van der Waals surface area contributed by atoms with Gasteiger partial charge in [0.1, 0.15) is 0 Å². The molecule has 1 N–H and O–H groups in total. The number of likely N-dealkylation sites (N-methyl/N-ethyl adjacent to an activating group) is 1. The van der Waals surface area contributed by atoms with E-state index < -0.39 is 11.9 Å². The van der Waals surface area contributed by atoms with Gasteiger partial charge >= 0.3 is 5.97 Å². The highest BCUT2D eigenvalue weighted by molar-refractivity contribution is 7.14. The fourth-order valence-electron chi connectivity index (χ4n) is 6.42. The normalized spacial score (nSPS) is 20.0. The van der Waals surface area contributed by atoms with Gasteiger partial charge in [0.05, 0.1) is 12.1 Å². The van der Waals surface area contributed by atoms with Crippen LogP contribution in [0.4, 0.5) is 5.13 Å². The molecule has 3 aromatic rings. The van der Waals surface area contributed by atoms with Crippen molar-refractivity contribution in [3.8, 4) is 22.4 Å². The van der Waals surface area contributed by atoms with Crippen molar-refractivity contribution >= 4 is 34.3 Å². The van der Waals surface area contributed by atoms with Crippen LogP contribution in [0, 0.1) is 11.8 Å². The average Bonchev–Trinajstić information content (AvgIpc) is 3.30. The summed E-state index contributed by atoms with van der Waals surface area (Å²) in [5.41, 5.74) is 4.63. The number of amides is 2. The fourth-order valence-corrected chi connectivity index (χ4v) is 7.32. The van der Waals surface area contributed by atoms with Gasteiger partial charge in [0.15, 0.2) is 5.13 Å². The number of carboxylic acids is 1. The minimum Gasteiger partial charge on any atom is -0.481 e. The zero-order valence-electron chi connectivity index (χ0n) is 23.4. The van der Waals surface area contributed by atoms with E-state index >= 15 is 0 Å². The Labute approximate surface area is 244 Å². The summed E-state index contributed by atoms with van der Waals surface area (Å²) in [5.74, 6) is -0.836. The van der Waals surface area contributed by atoms with Crippen LogP contribution in [0.2, 0.25) is 0 Å². The number of carbonyl (C=O) groups is 3. The van der Waals surface area contributed by atoms with E-state index in [9.17, 15) is 19.5 Å². The number of carbonyl (C=O) groups excluding carboxylic acids is 2. The molecule has 2 aromatic heterocycles. The smallest absolute Gasteiger partial charge is 0.304 e. The van der Waals surface area contributed by atoms with Crippen LogP contribution in [0.15, 0.2) is 48.0 Å². The molecular formula is C32H36N4O4S. The molecule has 8 nitrogen and oxygen atoms in total. The van der Waals surface area contributed by atoms with Crippen molar-refractivity contribution in [2.75, 3.05) is 18.5 Å². The first-order chi connectivity index (χ1) is 19.9. The molecule has 1 saturated heterocycles. The van der Waals surface area contributed by atoms with Gasteiger partial charge in [-0.15, -0.1) is 11.3 Å². The molecule has 1 aromatic carbocycles. The molecule has 3 aliphatic rings. The molecule has 3 fully saturated rings. The minimum absolute atomic E-state index is 0.0909. The zero-order chi connectivity index (χ0) is 28.5. The molecule has 3 heterocycles. The summed E-state index contributed by atoms with van der Waals surface area (Å²) in [6.45, 7) is 0.688. The van der Waals surface area contributed by atoms with Gasteiger partial charge < -0.3 is 10.0 Å². The van der Waals surface area contributed by atoms with E-state index in [0.717, 1.165) is 66.6 Å². The zero-order valence-corrected chi connectivity index (χ0v) is 24.2. The Hall–Kier alpha value is -3.59. The molecule has 41 heavy (non-hydrogen) atoms. The van der Waals surface area contributed by atoms with E-state index in [4.69, 9.17) is 9.97 Å². The number of hydrogen-bond donors (Lipinski definition) is 1. The van der Waals surface area contributed by atoms with Crippen LogP contribution < -0.4 is 4.90 Å². The molecule has 2 atom stereocenters. The minimum atomic E-state index is -0.919. The Kier molecular flexibility index (Phi) is 7.88. The largest absolute Gasteiger partial charge is 0.481 e. The lowest BCUT2D eigenvalue weighted by Gasteiger charge is -2.26. The molecule has 0 bridgehead atoms. The third-order valence-corrected chi connectivity index (χ3v) is 9.61. The lowest BCUT2D eigenvalue weighted by Crippen LogP contribution is -2.39. The molecule has 2 aliphatic carbocycles. The summed E-state index contributed by atoms with van der Waals surface area (Å²) in [5, 5.41) is 12.2. The van der Waals surface area contributed by atoms with Gasteiger partial charge in [-0.2, -0.15) is 0 Å². The summed E-state index contributed by atoms with van der Waals surface area (Å²) < 4.78 is 0. The van der Waals surface area contributed by atoms with Crippen molar-refractivity contribution in [2.24, 2.45) is 11.8 Å². The molecule has 1 aliphatic heterocycles. The highest BCUT2D eigenvalue weighted by atomic mass is 32.1. The molecule has 0 spiro atoms. The predicted octanol–water partition coefficient (Wildman–Crippen LogP) is 5.98. The molecule has 9 heteroatoms. The van der Waals surface area contributed by atoms with Gasteiger partial charge in [-0.05, 0) is 36.8 Å². The Balaban J connectivity index is 1.25. The van der Waals surface area contributed by atoms with Gasteiger partial charge in [-0.1, -0.05) is 56.0 Å². The Bertz CT molecular complexity index is 1430. The first-order valence-electron chi connectivity index (χ1n) is 14.7. The SMILES string of the molecule is CN1CC(c2ccc(-c3ccccc3-c3csc(N(C(=O)[C@@H](CC(=O)O)CC4CCCC4)C4CC4)n3)cn2)CC1=O. The number of aromatic nitrogens is 2. The number of hydrogen-bond acceptors (Lipinski definition) is 6. The lowest BCUT2D eigenvalue weighted by atomic mass is 9.90. The summed E-state index contributed by atoms with van der Waals surface area (Å²) in [6, 6.07) is 12.2. The van der Waals surface area contributed by atoms with Crippen molar-refractivity contribution < 1.29 is 19.5 Å². The van der Waals surface area contributed by atoms with Crippen LogP contribution in [0.3, 0.4) is 0 Å². The van der Waals surface area contributed by atoms with Gasteiger partial charge in [0.2, 0.25) is 11.8 Å². The number of anilines is 1. The predicted molar refractivity (Wildman–Crippen MR) is 159 cm³/mol. The first-order valence-corrected chi connectivity index (χ1v) is 15.6. The Morgan fingerprint density at radius 3 is 2.49 bits per heavy atom. The third kappa shape index (κ3) is 6.05. The molecule has 6 rings (SSSR count). The highest BCUT2D eigenvalue weighted by Gasteiger charge is 2.40. The van der Waals surface area contributed by atoms with Crippen LogP contribution in [0.25, 0.3) is 22.4 Å². The van der Waals surface area contributed by atoms with Gasteiger partial charge in [0.25, 0.3) is 0 Å². The van der Waals surface area contributed by atoms with Gasteiger partial charge in [0, 0.05) is 66.3 Å². The topological polar surface area (TPSA) is 104 Å². The van der Waals surface area contributed by atoms with Crippen molar-refractivity contribution in [3.05, 3.63) is 53.7 Å². The van der Waals surface area contributed by atoms with Crippen LogP contribution in [0.1, 0.15) is 69.4 Å². The number of pyridine rings is 1. The fraction of sp³-hybridized carbons (Fsp3) is 0.469. The molecule has 2 saturated carbocycles.